The van der Waals surface area contributed by atoms with Crippen molar-refractivity contribution in [2.45, 2.75) is 51.4 Å². The molecule has 0 unspecified atom stereocenters. The third kappa shape index (κ3) is 8.47. The van der Waals surface area contributed by atoms with Crippen LogP contribution in [0.3, 0.4) is 0 Å². The van der Waals surface area contributed by atoms with Gasteiger partial charge in [0.15, 0.2) is 0 Å². The lowest BCUT2D eigenvalue weighted by atomic mass is 10.1. The molecule has 7 heteroatoms. The van der Waals surface area contributed by atoms with Gasteiger partial charge in [0.05, 0.1) is 27.5 Å². The molecule has 38 heavy (non-hydrogen) atoms. The van der Waals surface area contributed by atoms with E-state index >= 15 is 0 Å². The Labute approximate surface area is 238 Å². The highest BCUT2D eigenvalue weighted by Crippen LogP contribution is 2.57. The van der Waals surface area contributed by atoms with Gasteiger partial charge in [0.2, 0.25) is 0 Å². The lowest BCUT2D eigenvalue weighted by Crippen LogP contribution is -3.00. The zero-order valence-corrected chi connectivity index (χ0v) is 25.2. The van der Waals surface area contributed by atoms with Crippen LogP contribution in [0.5, 0.6) is 17.2 Å². The molecule has 1 N–H and O–H groups in total. The molecule has 0 spiro atoms. The number of hydrogen-bond donors (Lipinski definition) is 1. The van der Waals surface area contributed by atoms with E-state index in [0.29, 0.717) is 0 Å². The number of carboxylic acids is 1. The fourth-order valence-corrected chi connectivity index (χ4v) is 9.32. The van der Waals surface area contributed by atoms with Gasteiger partial charge in [-0.2, -0.15) is 0 Å². The number of ether oxygens (including phenoxy) is 3. The number of carbonyl (C=O) groups is 1. The highest BCUT2D eigenvalue weighted by molar-refractivity contribution is 7.95. The summed E-state index contributed by atoms with van der Waals surface area (Å²) in [5.74, 6) is 1.87. The Kier molecular flexibility index (Phi) is 13.7. The minimum atomic E-state index is -2.06. The third-order valence-corrected chi connectivity index (χ3v) is 11.3. The first-order chi connectivity index (χ1) is 18.0. The van der Waals surface area contributed by atoms with E-state index in [1.54, 1.807) is 21.3 Å². The van der Waals surface area contributed by atoms with Crippen molar-refractivity contribution in [3.05, 3.63) is 72.8 Å². The van der Waals surface area contributed by atoms with Gasteiger partial charge < -0.3 is 36.3 Å². The molecule has 5 nitrogen and oxygen atoms in total. The zero-order valence-electron chi connectivity index (χ0n) is 22.7. The molecule has 0 aliphatic carbocycles. The number of unbranched alkanes of at least 4 members (excludes halogenated alkanes) is 6. The highest BCUT2D eigenvalue weighted by atomic mass is 79.9. The second-order valence-corrected chi connectivity index (χ2v) is 12.9. The molecule has 0 amide bonds. The molecule has 0 bridgehead atoms. The standard InChI is InChI=1S/C31H39O5P.BrH/c1-34-25-14-11-17-28(22-25)37(29-18-12-15-26(23-29)35-2,30-19-13-16-27(24-30)36-3)21-10-8-6-4-5-7-9-20-31(32)33;/h11-19,22-24H,4-10,20-21H2,1-3H3;1H. The Morgan fingerprint density at radius 2 is 1.00 bits per heavy atom. The summed E-state index contributed by atoms with van der Waals surface area (Å²) < 4.78 is 16.9. The van der Waals surface area contributed by atoms with Gasteiger partial charge in [-0.15, -0.1) is 0 Å². The van der Waals surface area contributed by atoms with Crippen LogP contribution >= 0.6 is 7.26 Å². The summed E-state index contributed by atoms with van der Waals surface area (Å²) in [7, 11) is 3.09. The van der Waals surface area contributed by atoms with Crippen LogP contribution in [-0.2, 0) is 4.79 Å². The molecule has 3 aromatic carbocycles. The fourth-order valence-electron chi connectivity index (χ4n) is 4.89. The lowest BCUT2D eigenvalue weighted by Gasteiger charge is -2.28. The Morgan fingerprint density at radius 3 is 1.37 bits per heavy atom. The van der Waals surface area contributed by atoms with E-state index in [1.807, 2.05) is 18.2 Å². The lowest BCUT2D eigenvalue weighted by molar-refractivity contribution is -0.137. The van der Waals surface area contributed by atoms with Gasteiger partial charge in [-0.3, -0.25) is 4.79 Å². The maximum atomic E-state index is 10.7. The minimum Gasteiger partial charge on any atom is -1.00 e. The van der Waals surface area contributed by atoms with E-state index in [-0.39, 0.29) is 23.4 Å². The van der Waals surface area contributed by atoms with Gasteiger partial charge in [0.1, 0.15) is 40.4 Å². The van der Waals surface area contributed by atoms with E-state index in [2.05, 4.69) is 54.6 Å². The van der Waals surface area contributed by atoms with Crippen LogP contribution in [0.25, 0.3) is 0 Å². The minimum absolute atomic E-state index is 0. The summed E-state index contributed by atoms with van der Waals surface area (Å²) in [4.78, 5) is 10.7. The fraction of sp³-hybridized carbons (Fsp3) is 0.387. The second kappa shape index (κ2) is 16.4. The summed E-state index contributed by atoms with van der Waals surface area (Å²) in [6, 6.07) is 25.5. The van der Waals surface area contributed by atoms with Crippen molar-refractivity contribution in [2.24, 2.45) is 0 Å². The molecule has 0 aliphatic heterocycles. The molecule has 0 atom stereocenters. The number of benzene rings is 3. The van der Waals surface area contributed by atoms with Crippen molar-refractivity contribution < 1.29 is 41.1 Å². The molecule has 0 fully saturated rings. The maximum Gasteiger partial charge on any atom is 0.303 e. The van der Waals surface area contributed by atoms with Gasteiger partial charge in [-0.25, -0.2) is 0 Å². The number of aliphatic carboxylic acids is 1. The predicted molar refractivity (Wildman–Crippen MR) is 154 cm³/mol. The summed E-state index contributed by atoms with van der Waals surface area (Å²) in [5, 5.41) is 12.7. The summed E-state index contributed by atoms with van der Waals surface area (Å²) >= 11 is 0. The van der Waals surface area contributed by atoms with Crippen molar-refractivity contribution in [2.75, 3.05) is 27.5 Å². The van der Waals surface area contributed by atoms with Crippen LogP contribution in [-0.4, -0.2) is 38.6 Å². The van der Waals surface area contributed by atoms with Gasteiger partial charge in [0.25, 0.3) is 0 Å². The Morgan fingerprint density at radius 1 is 0.632 bits per heavy atom. The number of hydrogen-bond acceptors (Lipinski definition) is 4. The largest absolute Gasteiger partial charge is 1.00 e. The Hall–Kier alpha value is -2.56. The monoisotopic (exact) mass is 602 g/mol. The van der Waals surface area contributed by atoms with E-state index in [4.69, 9.17) is 19.3 Å². The van der Waals surface area contributed by atoms with E-state index in [0.717, 1.165) is 68.4 Å². The van der Waals surface area contributed by atoms with Crippen molar-refractivity contribution in [1.82, 2.24) is 0 Å². The van der Waals surface area contributed by atoms with Gasteiger partial charge in [0, 0.05) is 24.6 Å². The first-order valence-corrected chi connectivity index (χ1v) is 15.0. The maximum absolute atomic E-state index is 10.7. The molecule has 0 radical (unpaired) electrons. The summed E-state index contributed by atoms with van der Waals surface area (Å²) in [5.41, 5.74) is 0. The van der Waals surface area contributed by atoms with Gasteiger partial charge in [-0.1, -0.05) is 43.9 Å². The summed E-state index contributed by atoms with van der Waals surface area (Å²) in [6.45, 7) is 0. The number of halogens is 1. The van der Waals surface area contributed by atoms with Gasteiger partial charge >= 0.3 is 5.97 Å². The van der Waals surface area contributed by atoms with Crippen LogP contribution in [0.15, 0.2) is 72.8 Å². The quantitative estimate of drug-likeness (QED) is 0.201. The van der Waals surface area contributed by atoms with Crippen molar-refractivity contribution in [1.29, 1.82) is 0 Å². The van der Waals surface area contributed by atoms with Crippen LogP contribution in [0, 0.1) is 0 Å². The molecular weight excluding hydrogens is 563 g/mol. The summed E-state index contributed by atoms with van der Waals surface area (Å²) in [6.07, 6.45) is 8.67. The Bertz CT molecular complexity index is 1020. The molecule has 0 saturated carbocycles. The topological polar surface area (TPSA) is 65.0 Å². The number of carboxylic acid groups (broad SMARTS) is 1. The van der Waals surface area contributed by atoms with Crippen LogP contribution in [0.2, 0.25) is 0 Å². The molecular formula is C31H40BrO5P. The molecule has 3 rings (SSSR count). The molecule has 0 saturated heterocycles. The second-order valence-electron chi connectivity index (χ2n) is 9.26. The first-order valence-electron chi connectivity index (χ1n) is 13.1. The smallest absolute Gasteiger partial charge is 0.303 e. The number of methoxy groups -OCH3 is 3. The van der Waals surface area contributed by atoms with Gasteiger partial charge in [-0.05, 0) is 55.7 Å². The van der Waals surface area contributed by atoms with Crippen molar-refractivity contribution >= 4 is 29.1 Å². The van der Waals surface area contributed by atoms with Crippen LogP contribution < -0.4 is 47.1 Å². The molecule has 3 aromatic rings. The van der Waals surface area contributed by atoms with E-state index in [1.165, 1.54) is 15.9 Å². The highest BCUT2D eigenvalue weighted by Gasteiger charge is 2.45. The number of rotatable bonds is 16. The molecule has 0 heterocycles. The zero-order chi connectivity index (χ0) is 26.5. The Balaban J connectivity index is 0.00000507. The normalized spacial score (nSPS) is 10.9. The molecule has 0 aliphatic rings. The van der Waals surface area contributed by atoms with Crippen molar-refractivity contribution in [3.63, 3.8) is 0 Å². The van der Waals surface area contributed by atoms with Crippen LogP contribution in [0.4, 0.5) is 0 Å². The average Bonchev–Trinajstić information content (AvgIpc) is 2.94. The molecule has 206 valence electrons. The average molecular weight is 604 g/mol. The first kappa shape index (κ1) is 31.7. The van der Waals surface area contributed by atoms with Crippen molar-refractivity contribution in [3.8, 4) is 17.2 Å². The third-order valence-electron chi connectivity index (χ3n) is 6.87. The molecule has 0 aromatic heterocycles. The van der Waals surface area contributed by atoms with E-state index < -0.39 is 13.2 Å². The van der Waals surface area contributed by atoms with Crippen LogP contribution in [0.1, 0.15) is 51.4 Å². The SMILES string of the molecule is COc1cccc([P+](CCCCCCCCCC(=O)O)(c2cccc(OC)c2)c2cccc(OC)c2)c1.[Br-]. The predicted octanol–water partition coefficient (Wildman–Crippen LogP) is 3.22. The van der Waals surface area contributed by atoms with E-state index in [9.17, 15) is 4.79 Å².